The fourth-order valence-corrected chi connectivity index (χ4v) is 4.67. The highest BCUT2D eigenvalue weighted by molar-refractivity contribution is 6.14. The molecule has 0 unspecified atom stereocenters. The lowest BCUT2D eigenvalue weighted by Crippen LogP contribution is -2.35. The lowest BCUT2D eigenvalue weighted by molar-refractivity contribution is -0.666. The molecule has 0 N–H and O–H groups in total. The molecule has 3 heteroatoms. The van der Waals surface area contributed by atoms with Crippen molar-refractivity contribution in [1.82, 2.24) is 0 Å². The van der Waals surface area contributed by atoms with Crippen molar-refractivity contribution in [3.8, 4) is 28.5 Å². The van der Waals surface area contributed by atoms with E-state index in [0.29, 0.717) is 39.2 Å². The van der Waals surface area contributed by atoms with Gasteiger partial charge < -0.3 is 4.42 Å². The second-order valence-electron chi connectivity index (χ2n) is 9.18. The molecule has 0 radical (unpaired) electrons. The highest BCUT2D eigenvalue weighted by atomic mass is 16.3. The van der Waals surface area contributed by atoms with E-state index < -0.39 is 18.1 Å². The minimum absolute atomic E-state index is 0.0288. The molecule has 5 aromatic rings. The van der Waals surface area contributed by atoms with E-state index in [1.165, 1.54) is 5.56 Å². The molecule has 3 aromatic carbocycles. The summed E-state index contributed by atoms with van der Waals surface area (Å²) in [7, 11) is 2.02. The largest absolute Gasteiger partial charge is 0.454 e. The summed E-state index contributed by atoms with van der Waals surface area (Å²) < 4.78 is 50.5. The monoisotopic (exact) mass is 450 g/mol. The van der Waals surface area contributed by atoms with Gasteiger partial charge in [-0.25, -0.2) is 0 Å². The molecule has 0 aliphatic carbocycles. The molecule has 0 saturated heterocycles. The summed E-state index contributed by atoms with van der Waals surface area (Å²) in [6.07, 6.45) is 0. The Morgan fingerprint density at radius 3 is 2.32 bits per heavy atom. The molecule has 5 rings (SSSR count). The summed E-state index contributed by atoms with van der Waals surface area (Å²) in [6, 6.07) is 10.4. The van der Waals surface area contributed by atoms with Gasteiger partial charge in [0, 0.05) is 35.4 Å². The molecule has 0 spiro atoms. The minimum Gasteiger partial charge on any atom is -0.454 e. The van der Waals surface area contributed by atoms with Gasteiger partial charge in [-0.05, 0) is 48.1 Å². The van der Waals surface area contributed by atoms with Crippen molar-refractivity contribution in [2.75, 3.05) is 0 Å². The van der Waals surface area contributed by atoms with Crippen LogP contribution in [0.1, 0.15) is 54.6 Å². The zero-order chi connectivity index (χ0) is 28.5. The van der Waals surface area contributed by atoms with Crippen LogP contribution in [0.25, 0.3) is 44.3 Å². The van der Waals surface area contributed by atoms with E-state index in [1.807, 2.05) is 26.1 Å². The molecule has 2 heterocycles. The number of hydrogen-bond acceptors (Lipinski definition) is 2. The second kappa shape index (κ2) is 8.15. The number of benzene rings is 3. The topological polar surface area (TPSA) is 40.8 Å². The molecule has 0 aliphatic heterocycles. The van der Waals surface area contributed by atoms with Gasteiger partial charge in [0.25, 0.3) is 0 Å². The number of pyridine rings is 1. The van der Waals surface area contributed by atoms with Crippen molar-refractivity contribution in [2.24, 2.45) is 7.05 Å². The van der Waals surface area contributed by atoms with E-state index >= 15 is 0 Å². The summed E-state index contributed by atoms with van der Waals surface area (Å²) >= 11 is 0. The van der Waals surface area contributed by atoms with E-state index in [4.69, 9.17) is 11.3 Å². The third-order valence-electron chi connectivity index (χ3n) is 6.76. The summed E-state index contributed by atoms with van der Waals surface area (Å²) in [5.74, 6) is 0.329. The van der Waals surface area contributed by atoms with Crippen molar-refractivity contribution in [2.45, 2.75) is 40.5 Å². The van der Waals surface area contributed by atoms with Gasteiger partial charge in [0.05, 0.1) is 24.0 Å². The lowest BCUT2D eigenvalue weighted by Gasteiger charge is -2.11. The summed E-state index contributed by atoms with van der Waals surface area (Å²) in [6.45, 7) is 10.1. The zero-order valence-electron chi connectivity index (χ0n) is 25.3. The lowest BCUT2D eigenvalue weighted by atomic mass is 9.93. The molecule has 0 saturated carbocycles. The fraction of sp³-hybridized carbons (Fsp3) is 0.226. The van der Waals surface area contributed by atoms with Crippen molar-refractivity contribution < 1.29 is 15.8 Å². The van der Waals surface area contributed by atoms with Gasteiger partial charge in [0.1, 0.15) is 18.2 Å². The van der Waals surface area contributed by atoms with Crippen molar-refractivity contribution in [3.05, 3.63) is 88.5 Å². The van der Waals surface area contributed by atoms with Gasteiger partial charge in [-0.15, -0.1) is 0 Å². The molecular formula is C31H29N2O+. The first-order valence-electron chi connectivity index (χ1n) is 13.9. The van der Waals surface area contributed by atoms with Crippen molar-refractivity contribution in [1.29, 1.82) is 5.26 Å². The Hall–Kier alpha value is -3.90. The van der Waals surface area contributed by atoms with E-state index in [0.717, 1.165) is 27.9 Å². The first-order valence-corrected chi connectivity index (χ1v) is 11.4. The van der Waals surface area contributed by atoms with Crippen molar-refractivity contribution in [3.63, 3.8) is 0 Å². The Morgan fingerprint density at radius 1 is 0.941 bits per heavy atom. The molecular weight excluding hydrogens is 416 g/mol. The SMILES string of the molecule is [2H]c1c([2H])c([2H])c(-c2c(C)c(C#N)cc3c2oc2c(-c4cc(C(C)C)cc(C)[n+]4C)c(C)ccc23)c([2H])c1[2H]. The zero-order valence-corrected chi connectivity index (χ0v) is 20.3. The van der Waals surface area contributed by atoms with Gasteiger partial charge in [-0.1, -0.05) is 56.2 Å². The van der Waals surface area contributed by atoms with Crippen LogP contribution in [0.4, 0.5) is 0 Å². The Balaban J connectivity index is 1.99. The highest BCUT2D eigenvalue weighted by Gasteiger charge is 2.25. The Labute approximate surface area is 207 Å². The van der Waals surface area contributed by atoms with Gasteiger partial charge in [0.2, 0.25) is 5.69 Å². The number of hydrogen-bond donors (Lipinski definition) is 0. The minimum atomic E-state index is -0.463. The average Bonchev–Trinajstić information content (AvgIpc) is 3.26. The maximum absolute atomic E-state index is 10.00. The summed E-state index contributed by atoms with van der Waals surface area (Å²) in [5.41, 5.74) is 7.48. The molecule has 0 bridgehead atoms. The smallest absolute Gasteiger partial charge is 0.216 e. The van der Waals surface area contributed by atoms with Crippen LogP contribution in [0.5, 0.6) is 0 Å². The molecule has 2 aromatic heterocycles. The van der Waals surface area contributed by atoms with Crippen LogP contribution in [0.3, 0.4) is 0 Å². The van der Waals surface area contributed by atoms with Crippen LogP contribution in [0, 0.1) is 32.1 Å². The normalized spacial score (nSPS) is 13.5. The van der Waals surface area contributed by atoms with Gasteiger partial charge in [0.15, 0.2) is 5.69 Å². The van der Waals surface area contributed by atoms with E-state index in [1.54, 1.807) is 13.0 Å². The number of rotatable bonds is 3. The van der Waals surface area contributed by atoms with Crippen LogP contribution in [-0.2, 0) is 7.05 Å². The third-order valence-corrected chi connectivity index (χ3v) is 6.76. The third kappa shape index (κ3) is 3.30. The van der Waals surface area contributed by atoms with E-state index in [-0.39, 0.29) is 17.6 Å². The number of nitriles is 1. The Morgan fingerprint density at radius 2 is 1.65 bits per heavy atom. The number of aromatic nitrogens is 1. The summed E-state index contributed by atoms with van der Waals surface area (Å²) in [5, 5.41) is 11.5. The van der Waals surface area contributed by atoms with Gasteiger partial charge in [-0.2, -0.15) is 9.83 Å². The summed E-state index contributed by atoms with van der Waals surface area (Å²) in [4.78, 5) is 0. The first-order chi connectivity index (χ1) is 18.4. The second-order valence-corrected chi connectivity index (χ2v) is 9.18. The Kier molecular flexibility index (Phi) is 4.00. The molecule has 0 atom stereocenters. The highest BCUT2D eigenvalue weighted by Crippen LogP contribution is 2.43. The number of aryl methyl sites for hydroxylation is 2. The predicted molar refractivity (Wildman–Crippen MR) is 139 cm³/mol. The average molecular weight is 451 g/mol. The maximum atomic E-state index is 10.00. The van der Waals surface area contributed by atoms with Crippen LogP contribution in [-0.4, -0.2) is 0 Å². The fourth-order valence-electron chi connectivity index (χ4n) is 4.67. The van der Waals surface area contributed by atoms with Crippen molar-refractivity contribution >= 4 is 21.9 Å². The van der Waals surface area contributed by atoms with E-state index in [2.05, 4.69) is 43.5 Å². The Bertz CT molecular complexity index is 1870. The molecule has 0 amide bonds. The molecule has 0 aliphatic rings. The van der Waals surface area contributed by atoms with Crippen LogP contribution in [0.2, 0.25) is 0 Å². The number of furan rings is 1. The van der Waals surface area contributed by atoms with Crippen LogP contribution < -0.4 is 4.57 Å². The molecule has 3 nitrogen and oxygen atoms in total. The molecule has 34 heavy (non-hydrogen) atoms. The molecule has 0 fully saturated rings. The van der Waals surface area contributed by atoms with Gasteiger partial charge in [-0.3, -0.25) is 0 Å². The predicted octanol–water partition coefficient (Wildman–Crippen LogP) is 7.66. The van der Waals surface area contributed by atoms with Gasteiger partial charge >= 0.3 is 0 Å². The maximum Gasteiger partial charge on any atom is 0.216 e. The standard InChI is InChI=1S/C31H29N2O/c1-18(2)23-14-20(4)33(6)27(16-23)28-19(3)12-13-25-26-15-24(17-32)21(5)29(31(26)34-30(25)28)22-10-8-7-9-11-22/h7-16,18H,1-6H3/q+1/i7D,8D,9D,10D,11D. The molecule has 168 valence electrons. The quantitative estimate of drug-likeness (QED) is 0.265. The van der Waals surface area contributed by atoms with E-state index in [9.17, 15) is 5.26 Å². The number of fused-ring (bicyclic) bond motifs is 3. The first kappa shape index (κ1) is 16.7. The van der Waals surface area contributed by atoms with Crippen LogP contribution >= 0.6 is 0 Å². The van der Waals surface area contributed by atoms with Crippen LogP contribution in [0.15, 0.2) is 65.0 Å². The number of nitrogens with zero attached hydrogens (tertiary/aromatic N) is 2.